The van der Waals surface area contributed by atoms with E-state index in [4.69, 9.17) is 20.9 Å². The van der Waals surface area contributed by atoms with Gasteiger partial charge in [0.25, 0.3) is 5.91 Å². The number of nitrogens with zero attached hydrogens (tertiary/aromatic N) is 3. The number of carbonyl (C=O) groups excluding carboxylic acids is 1. The Morgan fingerprint density at radius 1 is 1.16 bits per heavy atom. The molecule has 31 heavy (non-hydrogen) atoms. The van der Waals surface area contributed by atoms with Crippen LogP contribution in [-0.4, -0.2) is 20.8 Å². The molecule has 1 N–H and O–H groups in total. The molecule has 0 atom stereocenters. The molecule has 0 saturated heterocycles. The van der Waals surface area contributed by atoms with Gasteiger partial charge in [0.2, 0.25) is 0 Å². The largest absolute Gasteiger partial charge is 0.489 e. The summed E-state index contributed by atoms with van der Waals surface area (Å²) in [4.78, 5) is 12.8. The third kappa shape index (κ3) is 5.13. The molecular weight excluding hydrogens is 416 g/mol. The minimum atomic E-state index is -0.415. The molecule has 0 bridgehead atoms. The molecule has 7 nitrogen and oxygen atoms in total. The number of ether oxygens (including phenoxy) is 1. The van der Waals surface area contributed by atoms with Crippen LogP contribution in [0.5, 0.6) is 5.75 Å². The first-order valence-corrected chi connectivity index (χ1v) is 10.1. The highest BCUT2D eigenvalue weighted by Crippen LogP contribution is 2.21. The molecule has 158 valence electrons. The van der Waals surface area contributed by atoms with Gasteiger partial charge in [-0.1, -0.05) is 52.7 Å². The average Bonchev–Trinajstić information content (AvgIpc) is 3.34. The summed E-state index contributed by atoms with van der Waals surface area (Å²) in [6.45, 7) is 4.51. The molecule has 2 aromatic heterocycles. The third-order valence-corrected chi connectivity index (χ3v) is 4.96. The molecule has 4 rings (SSSR count). The van der Waals surface area contributed by atoms with Gasteiger partial charge < -0.3 is 14.6 Å². The van der Waals surface area contributed by atoms with Crippen molar-refractivity contribution in [1.82, 2.24) is 14.9 Å². The van der Waals surface area contributed by atoms with E-state index in [2.05, 4.69) is 39.8 Å². The van der Waals surface area contributed by atoms with Crippen molar-refractivity contribution in [2.24, 2.45) is 0 Å². The molecule has 2 heterocycles. The highest BCUT2D eigenvalue weighted by Gasteiger charge is 2.21. The Balaban J connectivity index is 1.42. The third-order valence-electron chi connectivity index (χ3n) is 4.73. The number of benzene rings is 2. The summed E-state index contributed by atoms with van der Waals surface area (Å²) in [5, 5.41) is 11.6. The molecule has 0 unspecified atom stereocenters. The molecule has 8 heteroatoms. The topological polar surface area (TPSA) is 82.2 Å². The first-order valence-electron chi connectivity index (χ1n) is 9.72. The lowest BCUT2D eigenvalue weighted by molar-refractivity contribution is 0.101. The molecule has 0 spiro atoms. The standard InChI is InChI=1S/C23H21ClN4O3/c1-15-6-8-17(9-7-15)13-28-11-10-21(26-28)25-23(29)22-20(16(2)31-27-22)14-30-19-5-3-4-18(24)12-19/h3-12H,13-14H2,1-2H3,(H,25,26,29). The van der Waals surface area contributed by atoms with E-state index >= 15 is 0 Å². The number of amides is 1. The summed E-state index contributed by atoms with van der Waals surface area (Å²) in [7, 11) is 0. The van der Waals surface area contributed by atoms with Crippen molar-refractivity contribution < 1.29 is 14.1 Å². The van der Waals surface area contributed by atoms with Crippen molar-refractivity contribution in [3.63, 3.8) is 0 Å². The van der Waals surface area contributed by atoms with Crippen LogP contribution in [0.25, 0.3) is 0 Å². The summed E-state index contributed by atoms with van der Waals surface area (Å²) in [6, 6.07) is 17.0. The number of hydrogen-bond acceptors (Lipinski definition) is 5. The molecule has 0 aliphatic carbocycles. The van der Waals surface area contributed by atoms with E-state index in [9.17, 15) is 4.79 Å². The van der Waals surface area contributed by atoms with Crippen LogP contribution in [0.1, 0.15) is 32.9 Å². The maximum Gasteiger partial charge on any atom is 0.279 e. The first-order chi connectivity index (χ1) is 15.0. The van der Waals surface area contributed by atoms with Crippen LogP contribution in [0.4, 0.5) is 5.82 Å². The number of anilines is 1. The second-order valence-electron chi connectivity index (χ2n) is 7.15. The maximum atomic E-state index is 12.8. The average molecular weight is 437 g/mol. The summed E-state index contributed by atoms with van der Waals surface area (Å²) < 4.78 is 12.7. The molecule has 0 fully saturated rings. The summed E-state index contributed by atoms with van der Waals surface area (Å²) in [6.07, 6.45) is 1.81. The monoisotopic (exact) mass is 436 g/mol. The van der Waals surface area contributed by atoms with Crippen LogP contribution in [-0.2, 0) is 13.2 Å². The number of halogens is 1. The maximum absolute atomic E-state index is 12.8. The SMILES string of the molecule is Cc1ccc(Cn2ccc(NC(=O)c3noc(C)c3COc3cccc(Cl)c3)n2)cc1. The molecule has 0 aliphatic rings. The Labute approximate surface area is 184 Å². The van der Waals surface area contributed by atoms with Gasteiger partial charge in [-0.05, 0) is 37.6 Å². The van der Waals surface area contributed by atoms with E-state index in [-0.39, 0.29) is 12.3 Å². The Kier molecular flexibility index (Phi) is 6.04. The molecule has 1 amide bonds. The van der Waals surface area contributed by atoms with E-state index in [1.54, 1.807) is 41.9 Å². The quantitative estimate of drug-likeness (QED) is 0.439. The van der Waals surface area contributed by atoms with Crippen LogP contribution in [0.2, 0.25) is 5.02 Å². The van der Waals surface area contributed by atoms with Gasteiger partial charge in [-0.25, -0.2) is 0 Å². The van der Waals surface area contributed by atoms with Gasteiger partial charge in [-0.3, -0.25) is 9.48 Å². The van der Waals surface area contributed by atoms with Crippen molar-refractivity contribution in [2.45, 2.75) is 27.0 Å². The summed E-state index contributed by atoms with van der Waals surface area (Å²) in [5.74, 6) is 1.12. The second kappa shape index (κ2) is 9.06. The van der Waals surface area contributed by atoms with E-state index in [0.717, 1.165) is 5.56 Å². The molecule has 0 saturated carbocycles. The van der Waals surface area contributed by atoms with Gasteiger partial charge in [0.05, 0.1) is 12.1 Å². The summed E-state index contributed by atoms with van der Waals surface area (Å²) >= 11 is 5.98. The van der Waals surface area contributed by atoms with Crippen molar-refractivity contribution in [1.29, 1.82) is 0 Å². The highest BCUT2D eigenvalue weighted by molar-refractivity contribution is 6.30. The fraction of sp³-hybridized carbons (Fsp3) is 0.174. The van der Waals surface area contributed by atoms with Crippen LogP contribution < -0.4 is 10.1 Å². The number of hydrogen-bond donors (Lipinski definition) is 1. The minimum Gasteiger partial charge on any atom is -0.489 e. The summed E-state index contributed by atoms with van der Waals surface area (Å²) in [5.41, 5.74) is 3.05. The zero-order valence-electron chi connectivity index (χ0n) is 17.1. The second-order valence-corrected chi connectivity index (χ2v) is 7.59. The van der Waals surface area contributed by atoms with E-state index in [1.165, 1.54) is 5.56 Å². The predicted molar refractivity (Wildman–Crippen MR) is 117 cm³/mol. The van der Waals surface area contributed by atoms with Crippen molar-refractivity contribution in [3.8, 4) is 5.75 Å². The van der Waals surface area contributed by atoms with E-state index < -0.39 is 5.91 Å². The molecule has 0 radical (unpaired) electrons. The van der Waals surface area contributed by atoms with Crippen LogP contribution in [0, 0.1) is 13.8 Å². The van der Waals surface area contributed by atoms with Crippen LogP contribution in [0.3, 0.4) is 0 Å². The number of aryl methyl sites for hydroxylation is 2. The van der Waals surface area contributed by atoms with Crippen LogP contribution in [0.15, 0.2) is 65.3 Å². The lowest BCUT2D eigenvalue weighted by atomic mass is 10.1. The molecular formula is C23H21ClN4O3. The lowest BCUT2D eigenvalue weighted by Crippen LogP contribution is -2.16. The fourth-order valence-electron chi connectivity index (χ4n) is 3.02. The van der Waals surface area contributed by atoms with Crippen LogP contribution >= 0.6 is 11.6 Å². The van der Waals surface area contributed by atoms with Crippen molar-refractivity contribution >= 4 is 23.3 Å². The van der Waals surface area contributed by atoms with Crippen molar-refractivity contribution in [2.75, 3.05) is 5.32 Å². The molecule has 4 aromatic rings. The zero-order valence-corrected chi connectivity index (χ0v) is 17.9. The Morgan fingerprint density at radius 2 is 1.97 bits per heavy atom. The van der Waals surface area contributed by atoms with Gasteiger partial charge >= 0.3 is 0 Å². The minimum absolute atomic E-state index is 0.125. The lowest BCUT2D eigenvalue weighted by Gasteiger charge is -2.07. The Bertz CT molecular complexity index is 1200. The normalized spacial score (nSPS) is 10.8. The number of rotatable bonds is 7. The van der Waals surface area contributed by atoms with E-state index in [1.807, 2.05) is 13.1 Å². The van der Waals surface area contributed by atoms with Gasteiger partial charge in [-0.2, -0.15) is 5.10 Å². The number of nitrogens with one attached hydrogen (secondary N) is 1. The Morgan fingerprint density at radius 3 is 2.74 bits per heavy atom. The molecule has 0 aliphatic heterocycles. The number of carbonyl (C=O) groups is 1. The highest BCUT2D eigenvalue weighted by atomic mass is 35.5. The fourth-order valence-corrected chi connectivity index (χ4v) is 3.20. The van der Waals surface area contributed by atoms with Gasteiger partial charge in [0.15, 0.2) is 11.5 Å². The Hall–Kier alpha value is -3.58. The zero-order chi connectivity index (χ0) is 21.8. The smallest absolute Gasteiger partial charge is 0.279 e. The van der Waals surface area contributed by atoms with Gasteiger partial charge in [0.1, 0.15) is 18.1 Å². The van der Waals surface area contributed by atoms with Gasteiger partial charge in [-0.15, -0.1) is 0 Å². The molecule has 2 aromatic carbocycles. The van der Waals surface area contributed by atoms with Gasteiger partial charge in [0, 0.05) is 17.3 Å². The van der Waals surface area contributed by atoms with Crippen molar-refractivity contribution in [3.05, 3.63) is 94.0 Å². The van der Waals surface area contributed by atoms with E-state index in [0.29, 0.717) is 34.5 Å². The predicted octanol–water partition coefficient (Wildman–Crippen LogP) is 5.02. The first kappa shape index (κ1) is 20.7. The number of aromatic nitrogens is 3.